The lowest BCUT2D eigenvalue weighted by Crippen LogP contribution is -2.46. The predicted molar refractivity (Wildman–Crippen MR) is 108 cm³/mol. The van der Waals surface area contributed by atoms with E-state index in [0.717, 1.165) is 26.2 Å². The number of nitrogens with zero attached hydrogens (tertiary/aromatic N) is 4. The molecule has 0 saturated carbocycles. The van der Waals surface area contributed by atoms with Crippen LogP contribution < -0.4 is 4.90 Å². The Hall–Kier alpha value is -2.45. The van der Waals surface area contributed by atoms with E-state index in [2.05, 4.69) is 9.88 Å². The molecule has 1 amide bonds. The topological polar surface area (TPSA) is 62.1 Å². The maximum Gasteiger partial charge on any atom is 0.276 e. The van der Waals surface area contributed by atoms with Gasteiger partial charge in [-0.1, -0.05) is 12.1 Å². The van der Waals surface area contributed by atoms with E-state index >= 15 is 0 Å². The summed E-state index contributed by atoms with van der Waals surface area (Å²) in [6, 6.07) is 6.89. The molecular weight excluding hydrogens is 375 g/mol. The SMILES string of the molecule is COCCN(C(=O)c1coc(CN2CCN(c3ccccc3F)CC2)n1)C(C)C. The number of aromatic nitrogens is 1. The quantitative estimate of drug-likeness (QED) is 0.674. The van der Waals surface area contributed by atoms with Gasteiger partial charge in [0.25, 0.3) is 5.91 Å². The van der Waals surface area contributed by atoms with E-state index in [4.69, 9.17) is 9.15 Å². The van der Waals surface area contributed by atoms with Crippen LogP contribution in [-0.2, 0) is 11.3 Å². The number of carbonyl (C=O) groups excluding carboxylic acids is 1. The van der Waals surface area contributed by atoms with Crippen LogP contribution in [0.5, 0.6) is 0 Å². The molecule has 1 aliphatic rings. The van der Waals surface area contributed by atoms with E-state index in [1.807, 2.05) is 24.8 Å². The van der Waals surface area contributed by atoms with Crippen LogP contribution >= 0.6 is 0 Å². The lowest BCUT2D eigenvalue weighted by molar-refractivity contribution is 0.0629. The van der Waals surface area contributed by atoms with E-state index in [1.54, 1.807) is 24.1 Å². The van der Waals surface area contributed by atoms with Crippen molar-refractivity contribution in [2.75, 3.05) is 51.3 Å². The number of carbonyl (C=O) groups is 1. The van der Waals surface area contributed by atoms with Crippen LogP contribution in [0.15, 0.2) is 34.9 Å². The minimum absolute atomic E-state index is 0.0456. The lowest BCUT2D eigenvalue weighted by Gasteiger charge is -2.35. The van der Waals surface area contributed by atoms with Crippen LogP contribution in [-0.4, -0.2) is 73.2 Å². The van der Waals surface area contributed by atoms with E-state index in [9.17, 15) is 9.18 Å². The lowest BCUT2D eigenvalue weighted by atomic mass is 10.2. The summed E-state index contributed by atoms with van der Waals surface area (Å²) in [5.74, 6) is 0.166. The highest BCUT2D eigenvalue weighted by Crippen LogP contribution is 2.21. The summed E-state index contributed by atoms with van der Waals surface area (Å²) in [5, 5.41) is 0. The summed E-state index contributed by atoms with van der Waals surface area (Å²) in [6.07, 6.45) is 1.43. The molecule has 0 bridgehead atoms. The summed E-state index contributed by atoms with van der Waals surface area (Å²) in [6.45, 7) is 8.43. The molecule has 3 rings (SSSR count). The highest BCUT2D eigenvalue weighted by atomic mass is 19.1. The van der Waals surface area contributed by atoms with Gasteiger partial charge in [-0.3, -0.25) is 9.69 Å². The number of ether oxygens (including phenoxy) is 1. The number of piperazine rings is 1. The third-order valence-electron chi connectivity index (χ3n) is 5.12. The van der Waals surface area contributed by atoms with Crippen LogP contribution in [0, 0.1) is 5.82 Å². The summed E-state index contributed by atoms with van der Waals surface area (Å²) in [7, 11) is 1.61. The molecule has 1 fully saturated rings. The summed E-state index contributed by atoms with van der Waals surface area (Å²) in [5.41, 5.74) is 0.954. The molecule has 1 aliphatic heterocycles. The highest BCUT2D eigenvalue weighted by molar-refractivity contribution is 5.92. The molecule has 0 N–H and O–H groups in total. The first-order chi connectivity index (χ1) is 14.0. The molecule has 1 saturated heterocycles. The molecule has 0 radical (unpaired) electrons. The van der Waals surface area contributed by atoms with Gasteiger partial charge in [-0.05, 0) is 26.0 Å². The number of methoxy groups -OCH3 is 1. The minimum atomic E-state index is -0.194. The van der Waals surface area contributed by atoms with Crippen molar-refractivity contribution in [3.63, 3.8) is 0 Å². The van der Waals surface area contributed by atoms with Gasteiger partial charge in [0.1, 0.15) is 12.1 Å². The average molecular weight is 404 g/mol. The third kappa shape index (κ3) is 5.33. The normalized spacial score (nSPS) is 15.1. The Balaban J connectivity index is 1.55. The minimum Gasteiger partial charge on any atom is -0.447 e. The molecular formula is C21H29FN4O3. The Labute approximate surface area is 171 Å². The van der Waals surface area contributed by atoms with Gasteiger partial charge in [0.15, 0.2) is 5.69 Å². The molecule has 2 heterocycles. The van der Waals surface area contributed by atoms with E-state index in [-0.39, 0.29) is 17.8 Å². The number of halogens is 1. The predicted octanol–water partition coefficient (Wildman–Crippen LogP) is 2.63. The standard InChI is InChI=1S/C21H29FN4O3/c1-16(2)26(12-13-28-3)21(27)18-15-29-20(23-18)14-24-8-10-25(11-9-24)19-7-5-4-6-17(19)22/h4-7,15-16H,8-14H2,1-3H3. The first-order valence-corrected chi connectivity index (χ1v) is 9.95. The Morgan fingerprint density at radius 1 is 1.28 bits per heavy atom. The summed E-state index contributed by atoms with van der Waals surface area (Å²) in [4.78, 5) is 23.1. The van der Waals surface area contributed by atoms with Gasteiger partial charge in [0.2, 0.25) is 5.89 Å². The molecule has 29 heavy (non-hydrogen) atoms. The van der Waals surface area contributed by atoms with Crippen molar-refractivity contribution < 1.29 is 18.3 Å². The van der Waals surface area contributed by atoms with Crippen molar-refractivity contribution >= 4 is 11.6 Å². The molecule has 0 spiro atoms. The molecule has 1 aromatic carbocycles. The monoisotopic (exact) mass is 404 g/mol. The van der Waals surface area contributed by atoms with Crippen LogP contribution in [0.2, 0.25) is 0 Å². The van der Waals surface area contributed by atoms with Crippen LogP contribution in [0.3, 0.4) is 0 Å². The molecule has 8 heteroatoms. The average Bonchev–Trinajstić information content (AvgIpc) is 3.17. The van der Waals surface area contributed by atoms with Gasteiger partial charge in [0, 0.05) is 45.9 Å². The second kappa shape index (κ2) is 9.84. The van der Waals surface area contributed by atoms with Gasteiger partial charge >= 0.3 is 0 Å². The number of benzene rings is 1. The van der Waals surface area contributed by atoms with Gasteiger partial charge < -0.3 is 19.0 Å². The highest BCUT2D eigenvalue weighted by Gasteiger charge is 2.24. The Bertz CT molecular complexity index is 803. The fourth-order valence-electron chi connectivity index (χ4n) is 3.46. The largest absolute Gasteiger partial charge is 0.447 e. The van der Waals surface area contributed by atoms with Crippen LogP contribution in [0.1, 0.15) is 30.2 Å². The number of para-hydroxylation sites is 1. The maximum absolute atomic E-state index is 14.0. The zero-order valence-corrected chi connectivity index (χ0v) is 17.3. The van der Waals surface area contributed by atoms with Crippen molar-refractivity contribution in [1.29, 1.82) is 0 Å². The third-order valence-corrected chi connectivity index (χ3v) is 5.12. The Morgan fingerprint density at radius 3 is 2.66 bits per heavy atom. The molecule has 1 aromatic heterocycles. The van der Waals surface area contributed by atoms with Gasteiger partial charge in [0.05, 0.1) is 18.8 Å². The first-order valence-electron chi connectivity index (χ1n) is 9.95. The van der Waals surface area contributed by atoms with E-state index in [0.29, 0.717) is 37.0 Å². The number of oxazole rings is 1. The molecule has 0 aliphatic carbocycles. The smallest absolute Gasteiger partial charge is 0.276 e. The molecule has 158 valence electrons. The number of hydrogen-bond acceptors (Lipinski definition) is 6. The number of amides is 1. The van der Waals surface area contributed by atoms with E-state index < -0.39 is 0 Å². The Morgan fingerprint density at radius 2 is 2.00 bits per heavy atom. The van der Waals surface area contributed by atoms with Gasteiger partial charge in [-0.25, -0.2) is 9.37 Å². The van der Waals surface area contributed by atoms with Gasteiger partial charge in [-0.15, -0.1) is 0 Å². The first kappa shape index (κ1) is 21.3. The second-order valence-corrected chi connectivity index (χ2v) is 7.43. The molecule has 0 atom stereocenters. The van der Waals surface area contributed by atoms with Crippen molar-refractivity contribution in [1.82, 2.24) is 14.8 Å². The Kier molecular flexibility index (Phi) is 7.22. The molecule has 7 nitrogen and oxygen atoms in total. The van der Waals surface area contributed by atoms with Crippen LogP contribution in [0.25, 0.3) is 0 Å². The summed E-state index contributed by atoms with van der Waals surface area (Å²) >= 11 is 0. The second-order valence-electron chi connectivity index (χ2n) is 7.43. The summed E-state index contributed by atoms with van der Waals surface area (Å²) < 4.78 is 24.6. The zero-order valence-electron chi connectivity index (χ0n) is 17.3. The van der Waals surface area contributed by atoms with Crippen molar-refractivity contribution in [3.8, 4) is 0 Å². The van der Waals surface area contributed by atoms with Crippen molar-refractivity contribution in [2.24, 2.45) is 0 Å². The fraction of sp³-hybridized carbons (Fsp3) is 0.524. The zero-order chi connectivity index (χ0) is 20.8. The van der Waals surface area contributed by atoms with Gasteiger partial charge in [-0.2, -0.15) is 0 Å². The van der Waals surface area contributed by atoms with Crippen molar-refractivity contribution in [3.05, 3.63) is 47.9 Å². The van der Waals surface area contributed by atoms with Crippen LogP contribution in [0.4, 0.5) is 10.1 Å². The maximum atomic E-state index is 14.0. The number of hydrogen-bond donors (Lipinski definition) is 0. The molecule has 0 unspecified atom stereocenters. The molecule has 2 aromatic rings. The fourth-order valence-corrected chi connectivity index (χ4v) is 3.46. The number of rotatable bonds is 8. The van der Waals surface area contributed by atoms with Crippen molar-refractivity contribution in [2.45, 2.75) is 26.4 Å². The van der Waals surface area contributed by atoms with E-state index in [1.165, 1.54) is 12.3 Å². The number of anilines is 1.